The Bertz CT molecular complexity index is 178. The fourth-order valence-corrected chi connectivity index (χ4v) is 2.86. The minimum absolute atomic E-state index is 0.652. The van der Waals surface area contributed by atoms with Gasteiger partial charge in [-0.15, -0.1) is 0 Å². The summed E-state index contributed by atoms with van der Waals surface area (Å²) in [6.45, 7) is 11.7. The van der Waals surface area contributed by atoms with Gasteiger partial charge in [0.25, 0.3) is 0 Å². The molecule has 1 aliphatic rings. The maximum Gasteiger partial charge on any atom is 0.000792 e. The van der Waals surface area contributed by atoms with Crippen LogP contribution in [-0.4, -0.2) is 13.1 Å². The van der Waals surface area contributed by atoms with Gasteiger partial charge in [-0.05, 0) is 43.1 Å². The molecule has 0 amide bonds. The third-order valence-corrected chi connectivity index (χ3v) is 3.97. The van der Waals surface area contributed by atoms with Gasteiger partial charge in [0.15, 0.2) is 0 Å². The largest absolute Gasteiger partial charge is 0.316 e. The van der Waals surface area contributed by atoms with E-state index in [9.17, 15) is 0 Å². The van der Waals surface area contributed by atoms with Crippen molar-refractivity contribution in [2.75, 3.05) is 13.1 Å². The topological polar surface area (TPSA) is 12.0 Å². The average molecular weight is 225 g/mol. The van der Waals surface area contributed by atoms with Gasteiger partial charge in [0.05, 0.1) is 0 Å². The number of nitrogens with one attached hydrogen (secondary N) is 1. The Morgan fingerprint density at radius 3 is 2.12 bits per heavy atom. The highest BCUT2D eigenvalue weighted by atomic mass is 14.9. The van der Waals surface area contributed by atoms with Crippen LogP contribution < -0.4 is 5.32 Å². The van der Waals surface area contributed by atoms with Gasteiger partial charge >= 0.3 is 0 Å². The Kier molecular flexibility index (Phi) is 5.82. The van der Waals surface area contributed by atoms with E-state index in [-0.39, 0.29) is 0 Å². The van der Waals surface area contributed by atoms with Gasteiger partial charge in [-0.1, -0.05) is 47.0 Å². The van der Waals surface area contributed by atoms with Gasteiger partial charge in [-0.25, -0.2) is 0 Å². The smallest absolute Gasteiger partial charge is 0.000792 e. The van der Waals surface area contributed by atoms with Crippen LogP contribution in [-0.2, 0) is 0 Å². The quantitative estimate of drug-likeness (QED) is 0.684. The van der Waals surface area contributed by atoms with Crippen LogP contribution in [0.25, 0.3) is 0 Å². The number of rotatable bonds is 7. The first-order chi connectivity index (χ1) is 7.54. The molecule has 1 saturated carbocycles. The molecule has 0 saturated heterocycles. The van der Waals surface area contributed by atoms with Crippen LogP contribution in [0.2, 0.25) is 0 Å². The van der Waals surface area contributed by atoms with E-state index in [1.807, 2.05) is 0 Å². The van der Waals surface area contributed by atoms with Crippen molar-refractivity contribution in [1.29, 1.82) is 0 Å². The first-order valence-electron chi connectivity index (χ1n) is 7.25. The van der Waals surface area contributed by atoms with Crippen molar-refractivity contribution in [3.63, 3.8) is 0 Å². The van der Waals surface area contributed by atoms with Crippen molar-refractivity contribution in [2.45, 2.75) is 66.2 Å². The van der Waals surface area contributed by atoms with Crippen LogP contribution in [0.15, 0.2) is 0 Å². The summed E-state index contributed by atoms with van der Waals surface area (Å²) in [6, 6.07) is 0. The van der Waals surface area contributed by atoms with E-state index >= 15 is 0 Å². The molecule has 1 heteroatoms. The molecule has 1 N–H and O–H groups in total. The van der Waals surface area contributed by atoms with Crippen LogP contribution in [0.3, 0.4) is 0 Å². The van der Waals surface area contributed by atoms with Crippen LogP contribution in [0.4, 0.5) is 0 Å². The highest BCUT2D eigenvalue weighted by Crippen LogP contribution is 2.42. The lowest BCUT2D eigenvalue weighted by molar-refractivity contribution is 0.235. The zero-order valence-electron chi connectivity index (χ0n) is 11.8. The highest BCUT2D eigenvalue weighted by Gasteiger charge is 2.32. The minimum atomic E-state index is 0.652. The molecule has 0 aromatic heterocycles. The fourth-order valence-electron chi connectivity index (χ4n) is 2.86. The molecule has 0 radical (unpaired) electrons. The van der Waals surface area contributed by atoms with Gasteiger partial charge < -0.3 is 5.32 Å². The van der Waals surface area contributed by atoms with E-state index in [0.29, 0.717) is 5.41 Å². The Labute approximate surface area is 102 Å². The average Bonchev–Trinajstić information content (AvgIpc) is 2.64. The highest BCUT2D eigenvalue weighted by molar-refractivity contribution is 4.86. The first-order valence-corrected chi connectivity index (χ1v) is 7.25. The molecule has 0 aliphatic heterocycles. The Morgan fingerprint density at radius 1 is 1.00 bits per heavy atom. The molecule has 0 spiro atoms. The molecule has 16 heavy (non-hydrogen) atoms. The standard InChI is InChI=1S/C15H31N/c1-13(2)7-10-15(8-5-6-9-15)12-16-11-14(3)4/h13-14,16H,5-12H2,1-4H3. The molecule has 0 aromatic rings. The monoisotopic (exact) mass is 225 g/mol. The Morgan fingerprint density at radius 2 is 1.62 bits per heavy atom. The molecule has 96 valence electrons. The van der Waals surface area contributed by atoms with E-state index in [2.05, 4.69) is 33.0 Å². The molecule has 0 heterocycles. The van der Waals surface area contributed by atoms with Crippen molar-refractivity contribution >= 4 is 0 Å². The van der Waals surface area contributed by atoms with Crippen LogP contribution in [0, 0.1) is 17.3 Å². The lowest BCUT2D eigenvalue weighted by Crippen LogP contribution is -2.34. The lowest BCUT2D eigenvalue weighted by Gasteiger charge is -2.30. The lowest BCUT2D eigenvalue weighted by atomic mass is 9.79. The molecular weight excluding hydrogens is 194 g/mol. The summed E-state index contributed by atoms with van der Waals surface area (Å²) < 4.78 is 0. The SMILES string of the molecule is CC(C)CCC1(CNCC(C)C)CCCC1. The van der Waals surface area contributed by atoms with Gasteiger partial charge in [0.2, 0.25) is 0 Å². The molecule has 1 aliphatic carbocycles. The minimum Gasteiger partial charge on any atom is -0.316 e. The van der Waals surface area contributed by atoms with E-state index < -0.39 is 0 Å². The van der Waals surface area contributed by atoms with Gasteiger partial charge in [-0.3, -0.25) is 0 Å². The zero-order valence-corrected chi connectivity index (χ0v) is 11.8. The Hall–Kier alpha value is -0.0400. The van der Waals surface area contributed by atoms with Crippen molar-refractivity contribution in [2.24, 2.45) is 17.3 Å². The summed E-state index contributed by atoms with van der Waals surface area (Å²) in [5.74, 6) is 1.64. The van der Waals surface area contributed by atoms with Crippen molar-refractivity contribution in [3.05, 3.63) is 0 Å². The van der Waals surface area contributed by atoms with Crippen LogP contribution in [0.1, 0.15) is 66.2 Å². The molecule has 0 bridgehead atoms. The summed E-state index contributed by atoms with van der Waals surface area (Å²) >= 11 is 0. The van der Waals surface area contributed by atoms with Crippen molar-refractivity contribution in [3.8, 4) is 0 Å². The molecule has 0 aromatic carbocycles. The Balaban J connectivity index is 2.33. The summed E-state index contributed by atoms with van der Waals surface area (Å²) in [5.41, 5.74) is 0.652. The van der Waals surface area contributed by atoms with E-state index in [0.717, 1.165) is 11.8 Å². The number of hydrogen-bond acceptors (Lipinski definition) is 1. The second-order valence-electron chi connectivity index (χ2n) is 6.66. The summed E-state index contributed by atoms with van der Waals surface area (Å²) in [7, 11) is 0. The van der Waals surface area contributed by atoms with Crippen LogP contribution >= 0.6 is 0 Å². The van der Waals surface area contributed by atoms with Crippen molar-refractivity contribution < 1.29 is 0 Å². The predicted octanol–water partition coefficient (Wildman–Crippen LogP) is 4.23. The third-order valence-electron chi connectivity index (χ3n) is 3.97. The maximum atomic E-state index is 3.69. The number of hydrogen-bond donors (Lipinski definition) is 1. The summed E-state index contributed by atoms with van der Waals surface area (Å²) in [5, 5.41) is 3.69. The molecular formula is C15H31N. The fraction of sp³-hybridized carbons (Fsp3) is 1.00. The van der Waals surface area contributed by atoms with Gasteiger partial charge in [0, 0.05) is 6.54 Å². The second-order valence-corrected chi connectivity index (χ2v) is 6.66. The normalized spacial score (nSPS) is 19.9. The molecule has 0 atom stereocenters. The second kappa shape index (κ2) is 6.64. The van der Waals surface area contributed by atoms with Crippen LogP contribution in [0.5, 0.6) is 0 Å². The van der Waals surface area contributed by atoms with E-state index in [1.54, 1.807) is 0 Å². The third kappa shape index (κ3) is 4.86. The summed E-state index contributed by atoms with van der Waals surface area (Å²) in [4.78, 5) is 0. The van der Waals surface area contributed by atoms with Crippen molar-refractivity contribution in [1.82, 2.24) is 5.32 Å². The van der Waals surface area contributed by atoms with E-state index in [4.69, 9.17) is 0 Å². The molecule has 1 fully saturated rings. The summed E-state index contributed by atoms with van der Waals surface area (Å²) in [6.07, 6.45) is 8.69. The molecule has 0 unspecified atom stereocenters. The maximum absolute atomic E-state index is 3.69. The van der Waals surface area contributed by atoms with Gasteiger partial charge in [0.1, 0.15) is 0 Å². The molecule has 1 nitrogen and oxygen atoms in total. The predicted molar refractivity (Wildman–Crippen MR) is 72.7 cm³/mol. The zero-order chi connectivity index (χ0) is 12.0. The van der Waals surface area contributed by atoms with Gasteiger partial charge in [-0.2, -0.15) is 0 Å². The van der Waals surface area contributed by atoms with E-state index in [1.165, 1.54) is 51.6 Å². The first kappa shape index (κ1) is 14.0. The molecule has 1 rings (SSSR count).